The van der Waals surface area contributed by atoms with E-state index in [1.165, 1.54) is 25.4 Å². The number of amides is 2. The van der Waals surface area contributed by atoms with Crippen molar-refractivity contribution in [1.29, 1.82) is 0 Å². The van der Waals surface area contributed by atoms with Crippen LogP contribution in [-0.4, -0.2) is 36.0 Å². The van der Waals surface area contributed by atoms with Gasteiger partial charge >= 0.3 is 12.2 Å². The first-order chi connectivity index (χ1) is 13.6. The predicted molar refractivity (Wildman–Crippen MR) is 101 cm³/mol. The van der Waals surface area contributed by atoms with Gasteiger partial charge in [-0.05, 0) is 36.8 Å². The molecule has 156 valence electrons. The van der Waals surface area contributed by atoms with Gasteiger partial charge in [0.2, 0.25) is 0 Å². The molecule has 0 saturated heterocycles. The Labute approximate surface area is 168 Å². The van der Waals surface area contributed by atoms with E-state index in [0.29, 0.717) is 24.4 Å². The molecule has 0 atom stereocenters. The molecule has 29 heavy (non-hydrogen) atoms. The maximum Gasteiger partial charge on any atom is 0.417 e. The van der Waals surface area contributed by atoms with Crippen LogP contribution >= 0.6 is 11.6 Å². The van der Waals surface area contributed by atoms with Crippen molar-refractivity contribution in [3.63, 3.8) is 0 Å². The summed E-state index contributed by atoms with van der Waals surface area (Å²) < 4.78 is 43.2. The van der Waals surface area contributed by atoms with Crippen molar-refractivity contribution < 1.29 is 27.8 Å². The number of pyridine rings is 1. The fourth-order valence-corrected chi connectivity index (χ4v) is 2.40. The molecule has 8 nitrogen and oxygen atoms in total. The van der Waals surface area contributed by atoms with Crippen LogP contribution in [0.4, 0.5) is 23.8 Å². The number of hydrogen-bond donors (Lipinski definition) is 3. The molecule has 2 rings (SSSR count). The number of nitrogens with zero attached hydrogens (tertiary/aromatic N) is 3. The van der Waals surface area contributed by atoms with Crippen LogP contribution < -0.4 is 20.6 Å². The number of alkyl halides is 3. The number of hydrogen-bond acceptors (Lipinski definition) is 6. The molecular weight excluding hydrogens is 415 g/mol. The van der Waals surface area contributed by atoms with Crippen LogP contribution in [0.1, 0.15) is 18.1 Å². The second-order valence-corrected chi connectivity index (χ2v) is 5.96. The van der Waals surface area contributed by atoms with Crippen molar-refractivity contribution in [2.45, 2.75) is 13.1 Å². The third-order valence-electron chi connectivity index (χ3n) is 3.40. The largest absolute Gasteiger partial charge is 0.504 e. The number of benzene rings is 1. The van der Waals surface area contributed by atoms with Gasteiger partial charge in [-0.1, -0.05) is 11.6 Å². The normalized spacial score (nSPS) is 11.4. The zero-order chi connectivity index (χ0) is 21.6. The van der Waals surface area contributed by atoms with E-state index in [2.05, 4.69) is 20.9 Å². The molecule has 0 saturated carbocycles. The van der Waals surface area contributed by atoms with Gasteiger partial charge in [-0.3, -0.25) is 5.01 Å². The van der Waals surface area contributed by atoms with Gasteiger partial charge in [0.1, 0.15) is 0 Å². The van der Waals surface area contributed by atoms with E-state index in [1.807, 2.05) is 0 Å². The fourth-order valence-electron chi connectivity index (χ4n) is 2.11. The minimum atomic E-state index is -4.58. The average Bonchev–Trinajstić information content (AvgIpc) is 2.63. The molecule has 0 aliphatic heterocycles. The monoisotopic (exact) mass is 431 g/mol. The molecule has 1 aromatic heterocycles. The molecule has 0 radical (unpaired) electrons. The van der Waals surface area contributed by atoms with Crippen LogP contribution in [-0.2, 0) is 6.18 Å². The van der Waals surface area contributed by atoms with E-state index in [-0.39, 0.29) is 22.3 Å². The Morgan fingerprint density at radius 2 is 2.14 bits per heavy atom. The van der Waals surface area contributed by atoms with Gasteiger partial charge in [0.05, 0.1) is 23.4 Å². The molecule has 0 spiro atoms. The maximum absolute atomic E-state index is 12.7. The number of aromatic nitrogens is 1. The highest BCUT2D eigenvalue weighted by Gasteiger charge is 2.32. The number of phenolic OH excluding ortho intramolecular Hbond substituents is 1. The Bertz CT molecular complexity index is 908. The van der Waals surface area contributed by atoms with E-state index in [4.69, 9.17) is 16.3 Å². The molecule has 1 aromatic carbocycles. The second-order valence-electron chi connectivity index (χ2n) is 5.56. The van der Waals surface area contributed by atoms with Crippen LogP contribution in [0.3, 0.4) is 0 Å². The van der Waals surface area contributed by atoms with Crippen molar-refractivity contribution in [1.82, 2.24) is 15.8 Å². The number of hydrazone groups is 1. The van der Waals surface area contributed by atoms with Gasteiger partial charge in [0.15, 0.2) is 17.3 Å². The molecule has 2 amide bonds. The van der Waals surface area contributed by atoms with Crippen molar-refractivity contribution in [2.75, 3.05) is 18.7 Å². The Balaban J connectivity index is 1.97. The summed E-state index contributed by atoms with van der Waals surface area (Å²) in [4.78, 5) is 15.5. The first-order valence-corrected chi connectivity index (χ1v) is 8.51. The van der Waals surface area contributed by atoms with Crippen molar-refractivity contribution in [3.8, 4) is 11.5 Å². The van der Waals surface area contributed by atoms with E-state index < -0.39 is 17.8 Å². The highest BCUT2D eigenvalue weighted by atomic mass is 35.5. The van der Waals surface area contributed by atoms with Crippen LogP contribution in [0.5, 0.6) is 11.5 Å². The SMILES string of the molecule is CCOc1cc(/C=N/NC(=O)NN(C)c2ncc(C(F)(F)F)cc2Cl)ccc1O. The van der Waals surface area contributed by atoms with Gasteiger partial charge < -0.3 is 9.84 Å². The third kappa shape index (κ3) is 6.14. The molecule has 3 N–H and O–H groups in total. The number of carbonyl (C=O) groups excluding carboxylic acids is 1. The minimum Gasteiger partial charge on any atom is -0.504 e. The van der Waals surface area contributed by atoms with Gasteiger partial charge in [-0.2, -0.15) is 18.3 Å². The molecule has 0 aliphatic carbocycles. The van der Waals surface area contributed by atoms with Gasteiger partial charge in [0, 0.05) is 13.2 Å². The number of rotatable bonds is 6. The highest BCUT2D eigenvalue weighted by Crippen LogP contribution is 2.32. The van der Waals surface area contributed by atoms with Gasteiger partial charge in [-0.25, -0.2) is 20.6 Å². The number of ether oxygens (including phenoxy) is 1. The number of nitrogens with one attached hydrogen (secondary N) is 2. The smallest absolute Gasteiger partial charge is 0.417 e. The number of anilines is 1. The zero-order valence-corrected chi connectivity index (χ0v) is 16.0. The van der Waals surface area contributed by atoms with E-state index in [9.17, 15) is 23.1 Å². The highest BCUT2D eigenvalue weighted by molar-refractivity contribution is 6.33. The third-order valence-corrected chi connectivity index (χ3v) is 3.68. The second kappa shape index (κ2) is 9.32. The summed E-state index contributed by atoms with van der Waals surface area (Å²) in [6, 6.07) is 4.42. The first-order valence-electron chi connectivity index (χ1n) is 8.13. The fraction of sp³-hybridized carbons (Fsp3) is 0.235. The Morgan fingerprint density at radius 1 is 1.41 bits per heavy atom. The summed E-state index contributed by atoms with van der Waals surface area (Å²) in [5.74, 6) is 0.152. The lowest BCUT2D eigenvalue weighted by molar-refractivity contribution is -0.137. The number of urea groups is 1. The Morgan fingerprint density at radius 3 is 2.76 bits per heavy atom. The lowest BCUT2D eigenvalue weighted by Gasteiger charge is -2.20. The summed E-state index contributed by atoms with van der Waals surface area (Å²) >= 11 is 5.81. The number of halogens is 4. The van der Waals surface area contributed by atoms with Crippen LogP contribution in [0, 0.1) is 0 Å². The van der Waals surface area contributed by atoms with Crippen LogP contribution in [0.15, 0.2) is 35.6 Å². The number of hydrazine groups is 1. The van der Waals surface area contributed by atoms with E-state index in [0.717, 1.165) is 5.01 Å². The van der Waals surface area contributed by atoms with Crippen molar-refractivity contribution >= 4 is 29.7 Å². The molecule has 1 heterocycles. The molecule has 0 bridgehead atoms. The minimum absolute atomic E-state index is 0.0303. The molecule has 0 fully saturated rings. The molecular formula is C17H17ClF3N5O3. The maximum atomic E-state index is 12.7. The lowest BCUT2D eigenvalue weighted by Crippen LogP contribution is -2.44. The number of phenols is 1. The number of aromatic hydroxyl groups is 1. The summed E-state index contributed by atoms with van der Waals surface area (Å²) in [6.45, 7) is 2.13. The summed E-state index contributed by atoms with van der Waals surface area (Å²) in [7, 11) is 1.35. The molecule has 12 heteroatoms. The van der Waals surface area contributed by atoms with Crippen LogP contribution in [0.25, 0.3) is 0 Å². The summed E-state index contributed by atoms with van der Waals surface area (Å²) in [6.07, 6.45) is -2.66. The van der Waals surface area contributed by atoms with Crippen LogP contribution in [0.2, 0.25) is 5.02 Å². The van der Waals surface area contributed by atoms with Gasteiger partial charge in [-0.15, -0.1) is 0 Å². The standard InChI is InChI=1S/C17H17ClF3N5O3/c1-3-29-14-6-10(4-5-13(14)27)8-23-24-16(28)25-26(2)15-12(18)7-11(9-22-15)17(19,20)21/h4-9,27H,3H2,1-2H3,(H2,24,25,28)/b23-8+. The topological polar surface area (TPSA) is 99.1 Å². The van der Waals surface area contributed by atoms with Crippen molar-refractivity contribution in [2.24, 2.45) is 5.10 Å². The Kier molecular flexibility index (Phi) is 7.10. The van der Waals surface area contributed by atoms with E-state index >= 15 is 0 Å². The first kappa shape index (κ1) is 22.1. The summed E-state index contributed by atoms with van der Waals surface area (Å²) in [5, 5.41) is 14.1. The summed E-state index contributed by atoms with van der Waals surface area (Å²) in [5.41, 5.74) is 4.02. The average molecular weight is 432 g/mol. The zero-order valence-electron chi connectivity index (χ0n) is 15.3. The quantitative estimate of drug-likeness (QED) is 0.480. The molecule has 0 aliphatic rings. The lowest BCUT2D eigenvalue weighted by atomic mass is 10.2. The van der Waals surface area contributed by atoms with Crippen molar-refractivity contribution in [3.05, 3.63) is 46.6 Å². The number of carbonyl (C=O) groups is 1. The van der Waals surface area contributed by atoms with Gasteiger partial charge in [0.25, 0.3) is 0 Å². The predicted octanol–water partition coefficient (Wildman–Crippen LogP) is 3.54. The molecule has 2 aromatic rings. The van der Waals surface area contributed by atoms with E-state index in [1.54, 1.807) is 13.0 Å². The molecule has 0 unspecified atom stereocenters. The Hall–Kier alpha value is -3.21.